The second-order valence-electron chi connectivity index (χ2n) is 9.71. The van der Waals surface area contributed by atoms with Gasteiger partial charge in [-0.2, -0.15) is 0 Å². The van der Waals surface area contributed by atoms with Crippen LogP contribution in [0.2, 0.25) is 0 Å². The van der Waals surface area contributed by atoms with E-state index in [1.165, 1.54) is 9.80 Å². The number of aromatic amines is 1. The number of rotatable bonds is 5. The third kappa shape index (κ3) is 3.90. The number of fused-ring (bicyclic) bond motifs is 1. The first-order valence-corrected chi connectivity index (χ1v) is 11.3. The van der Waals surface area contributed by atoms with E-state index >= 15 is 0 Å². The highest BCUT2D eigenvalue weighted by Gasteiger charge is 2.39. The third-order valence-electron chi connectivity index (χ3n) is 7.13. The molecule has 31 heavy (non-hydrogen) atoms. The standard InChI is InChI=1S/C23H33N7O/c1-7-23(4,5)30-21(25-26-27-30)20(29-12-10-28(6)11-13-29)18-14-17-15(2)8-9-16(3)19(17)24-22(18)31/h8-9,14,20H,7,10-13H2,1-6H3,(H,24,31)/p+2/t20-/m1/s1. The number of nitrogens with zero attached hydrogens (tertiary/aromatic N) is 4. The number of nitrogens with one attached hydrogen (secondary N) is 3. The number of hydrogen-bond acceptors (Lipinski definition) is 4. The zero-order valence-electron chi connectivity index (χ0n) is 19.5. The second-order valence-corrected chi connectivity index (χ2v) is 9.71. The normalized spacial score (nSPS) is 20.8. The molecule has 1 aliphatic heterocycles. The van der Waals surface area contributed by atoms with Crippen LogP contribution in [-0.2, 0) is 5.54 Å². The Morgan fingerprint density at radius 2 is 1.84 bits per heavy atom. The summed E-state index contributed by atoms with van der Waals surface area (Å²) in [4.78, 5) is 19.5. The zero-order valence-corrected chi connectivity index (χ0v) is 19.5. The van der Waals surface area contributed by atoms with Crippen molar-refractivity contribution in [2.75, 3.05) is 33.2 Å². The Morgan fingerprint density at radius 1 is 1.16 bits per heavy atom. The van der Waals surface area contributed by atoms with E-state index in [-0.39, 0.29) is 17.1 Å². The average Bonchev–Trinajstić information content (AvgIpc) is 3.23. The van der Waals surface area contributed by atoms with Gasteiger partial charge in [0.05, 0.1) is 23.7 Å². The third-order valence-corrected chi connectivity index (χ3v) is 7.13. The van der Waals surface area contributed by atoms with Gasteiger partial charge in [-0.25, -0.2) is 4.68 Å². The zero-order chi connectivity index (χ0) is 22.3. The molecule has 1 saturated heterocycles. The maximum Gasteiger partial charge on any atom is 0.258 e. The van der Waals surface area contributed by atoms with Crippen LogP contribution in [-0.4, -0.2) is 58.4 Å². The minimum absolute atomic E-state index is 0.0474. The van der Waals surface area contributed by atoms with E-state index in [0.29, 0.717) is 0 Å². The molecule has 8 nitrogen and oxygen atoms in total. The van der Waals surface area contributed by atoms with E-state index in [9.17, 15) is 4.79 Å². The minimum Gasteiger partial charge on any atom is -0.328 e. The lowest BCUT2D eigenvalue weighted by molar-refractivity contribution is -1.02. The van der Waals surface area contributed by atoms with Gasteiger partial charge in [-0.05, 0) is 61.7 Å². The Bertz CT molecular complexity index is 1140. The van der Waals surface area contributed by atoms with Crippen molar-refractivity contribution >= 4 is 10.9 Å². The quantitative estimate of drug-likeness (QED) is 0.528. The van der Waals surface area contributed by atoms with Gasteiger partial charge in [0.1, 0.15) is 26.2 Å². The van der Waals surface area contributed by atoms with E-state index in [1.807, 2.05) is 11.6 Å². The lowest BCUT2D eigenvalue weighted by Gasteiger charge is -2.34. The molecule has 166 valence electrons. The summed E-state index contributed by atoms with van der Waals surface area (Å²) in [5.41, 5.74) is 3.62. The number of hydrogen-bond donors (Lipinski definition) is 3. The van der Waals surface area contributed by atoms with Gasteiger partial charge in [-0.1, -0.05) is 19.1 Å². The van der Waals surface area contributed by atoms with Crippen LogP contribution < -0.4 is 15.4 Å². The number of H-pyrrole nitrogens is 1. The van der Waals surface area contributed by atoms with Crippen molar-refractivity contribution in [1.82, 2.24) is 25.2 Å². The van der Waals surface area contributed by atoms with Crippen LogP contribution in [0.3, 0.4) is 0 Å². The predicted octanol–water partition coefficient (Wildman–Crippen LogP) is -0.221. The van der Waals surface area contributed by atoms with Crippen LogP contribution in [0.1, 0.15) is 55.7 Å². The van der Waals surface area contributed by atoms with E-state index in [4.69, 9.17) is 0 Å². The molecule has 0 aliphatic carbocycles. The first kappa shape index (κ1) is 21.6. The Kier molecular flexibility index (Phi) is 5.70. The molecule has 3 N–H and O–H groups in total. The second kappa shape index (κ2) is 8.16. The SMILES string of the molecule is CCC(C)(C)n1nnnc1[C@@H](c1cc2c(C)ccc(C)c2[nH]c1=O)[NH+]1CC[NH+](C)CC1. The van der Waals surface area contributed by atoms with Gasteiger partial charge in [0.2, 0.25) is 5.82 Å². The van der Waals surface area contributed by atoms with Crippen LogP contribution >= 0.6 is 0 Å². The molecular formula is C23H35N7O+2. The lowest BCUT2D eigenvalue weighted by Crippen LogP contribution is -3.27. The number of piperazine rings is 1. The summed E-state index contributed by atoms with van der Waals surface area (Å²) >= 11 is 0. The number of aromatic nitrogens is 5. The van der Waals surface area contributed by atoms with E-state index in [2.05, 4.69) is 73.5 Å². The van der Waals surface area contributed by atoms with Crippen LogP contribution in [0.5, 0.6) is 0 Å². The highest BCUT2D eigenvalue weighted by Crippen LogP contribution is 2.26. The Labute approximate surface area is 183 Å². The van der Waals surface area contributed by atoms with E-state index in [1.54, 1.807) is 0 Å². The van der Waals surface area contributed by atoms with Gasteiger partial charge < -0.3 is 14.8 Å². The van der Waals surface area contributed by atoms with Crippen molar-refractivity contribution in [1.29, 1.82) is 0 Å². The molecule has 0 saturated carbocycles. The molecule has 0 bridgehead atoms. The summed E-state index contributed by atoms with van der Waals surface area (Å²) < 4.78 is 1.93. The highest BCUT2D eigenvalue weighted by molar-refractivity contribution is 5.85. The van der Waals surface area contributed by atoms with Crippen molar-refractivity contribution in [3.63, 3.8) is 0 Å². The van der Waals surface area contributed by atoms with E-state index in [0.717, 1.165) is 66.0 Å². The number of quaternary nitrogens is 2. The topological polar surface area (TPSA) is 85.3 Å². The fraction of sp³-hybridized carbons (Fsp3) is 0.565. The predicted molar refractivity (Wildman–Crippen MR) is 121 cm³/mol. The molecule has 8 heteroatoms. The fourth-order valence-corrected chi connectivity index (χ4v) is 4.59. The fourth-order valence-electron chi connectivity index (χ4n) is 4.59. The van der Waals surface area contributed by atoms with Crippen LogP contribution in [0.25, 0.3) is 10.9 Å². The molecule has 1 aliphatic rings. The van der Waals surface area contributed by atoms with Gasteiger partial charge in [0, 0.05) is 5.39 Å². The molecular weight excluding hydrogens is 390 g/mol. The summed E-state index contributed by atoms with van der Waals surface area (Å²) in [5.74, 6) is 0.775. The van der Waals surface area contributed by atoms with Crippen molar-refractivity contribution < 1.29 is 9.80 Å². The van der Waals surface area contributed by atoms with E-state index < -0.39 is 0 Å². The van der Waals surface area contributed by atoms with Crippen LogP contribution in [0, 0.1) is 13.8 Å². The van der Waals surface area contributed by atoms with Crippen LogP contribution in [0.15, 0.2) is 23.0 Å². The number of pyridine rings is 1. The first-order valence-electron chi connectivity index (χ1n) is 11.3. The van der Waals surface area contributed by atoms with Crippen molar-refractivity contribution in [2.24, 2.45) is 0 Å². The number of likely N-dealkylation sites (N-methyl/N-ethyl adjacent to an activating group) is 1. The molecule has 0 amide bonds. The molecule has 3 aromatic rings. The van der Waals surface area contributed by atoms with Crippen molar-refractivity contribution in [2.45, 2.75) is 52.6 Å². The van der Waals surface area contributed by atoms with Gasteiger partial charge >= 0.3 is 0 Å². The van der Waals surface area contributed by atoms with Gasteiger partial charge in [0.25, 0.3) is 5.56 Å². The van der Waals surface area contributed by atoms with Crippen molar-refractivity contribution in [3.05, 3.63) is 51.1 Å². The summed E-state index contributed by atoms with van der Waals surface area (Å²) in [6.07, 6.45) is 0.895. The summed E-state index contributed by atoms with van der Waals surface area (Å²) in [6.45, 7) is 14.6. The molecule has 2 aromatic heterocycles. The monoisotopic (exact) mass is 425 g/mol. The minimum atomic E-state index is -0.232. The highest BCUT2D eigenvalue weighted by atomic mass is 16.1. The summed E-state index contributed by atoms with van der Waals surface area (Å²) in [7, 11) is 2.23. The molecule has 3 heterocycles. The van der Waals surface area contributed by atoms with Gasteiger partial charge in [0.15, 0.2) is 6.04 Å². The van der Waals surface area contributed by atoms with Crippen LogP contribution in [0.4, 0.5) is 0 Å². The summed E-state index contributed by atoms with van der Waals surface area (Å²) in [5, 5.41) is 14.0. The lowest BCUT2D eigenvalue weighted by atomic mass is 9.97. The van der Waals surface area contributed by atoms with Crippen molar-refractivity contribution in [3.8, 4) is 0 Å². The Hall–Kier alpha value is -2.58. The largest absolute Gasteiger partial charge is 0.328 e. The number of tetrazole rings is 1. The summed E-state index contributed by atoms with van der Waals surface area (Å²) in [6, 6.07) is 6.05. The molecule has 4 rings (SSSR count). The van der Waals surface area contributed by atoms with Gasteiger partial charge in [-0.3, -0.25) is 4.79 Å². The smallest absolute Gasteiger partial charge is 0.258 e. The maximum atomic E-state index is 13.4. The van der Waals surface area contributed by atoms with Gasteiger partial charge in [-0.15, -0.1) is 5.10 Å². The molecule has 0 spiro atoms. The molecule has 1 aromatic carbocycles. The Morgan fingerprint density at radius 3 is 2.52 bits per heavy atom. The Balaban J connectivity index is 1.93. The molecule has 1 atom stereocenters. The number of benzene rings is 1. The average molecular weight is 426 g/mol. The molecule has 0 unspecified atom stereocenters. The maximum absolute atomic E-state index is 13.4. The molecule has 0 radical (unpaired) electrons. The molecule has 1 fully saturated rings. The first-order chi connectivity index (χ1) is 14.7. The number of aryl methyl sites for hydroxylation is 2.